The van der Waals surface area contributed by atoms with E-state index in [1.54, 1.807) is 5.51 Å². The van der Waals surface area contributed by atoms with Gasteiger partial charge in [0.2, 0.25) is 0 Å². The molecule has 0 unspecified atom stereocenters. The van der Waals surface area contributed by atoms with Crippen LogP contribution in [-0.2, 0) is 0 Å². The molecule has 1 aliphatic rings. The van der Waals surface area contributed by atoms with Crippen molar-refractivity contribution in [2.75, 3.05) is 19.6 Å². The topological polar surface area (TPSA) is 82.5 Å². The quantitative estimate of drug-likeness (QED) is 0.882. The number of nitrogens with one attached hydrogen (secondary N) is 1. The van der Waals surface area contributed by atoms with Crippen molar-refractivity contribution in [3.8, 4) is 0 Å². The van der Waals surface area contributed by atoms with Gasteiger partial charge in [0.15, 0.2) is 0 Å². The lowest BCUT2D eigenvalue weighted by Gasteiger charge is -2.29. The smallest absolute Gasteiger partial charge is 0.407 e. The van der Waals surface area contributed by atoms with Crippen LogP contribution in [0.2, 0.25) is 0 Å². The highest BCUT2D eigenvalue weighted by atomic mass is 32.1. The zero-order chi connectivity index (χ0) is 13.8. The first-order valence-electron chi connectivity index (χ1n) is 6.24. The summed E-state index contributed by atoms with van der Waals surface area (Å²) in [6.45, 7) is 3.55. The maximum atomic E-state index is 11.9. The average molecular weight is 283 g/mol. The van der Waals surface area contributed by atoms with Crippen LogP contribution in [0.1, 0.15) is 28.2 Å². The van der Waals surface area contributed by atoms with E-state index in [4.69, 9.17) is 5.11 Å². The van der Waals surface area contributed by atoms with Crippen LogP contribution >= 0.6 is 11.3 Å². The summed E-state index contributed by atoms with van der Waals surface area (Å²) < 4.78 is 0. The lowest BCUT2D eigenvalue weighted by Crippen LogP contribution is -2.41. The van der Waals surface area contributed by atoms with E-state index in [2.05, 4.69) is 10.3 Å². The fourth-order valence-electron chi connectivity index (χ4n) is 2.17. The number of hydrogen-bond acceptors (Lipinski definition) is 4. The van der Waals surface area contributed by atoms with Crippen molar-refractivity contribution in [1.82, 2.24) is 15.2 Å². The van der Waals surface area contributed by atoms with Gasteiger partial charge in [0.25, 0.3) is 5.91 Å². The number of carboxylic acid groups (broad SMARTS) is 1. The summed E-state index contributed by atoms with van der Waals surface area (Å²) in [6.07, 6.45) is 0.728. The Labute approximate surface area is 115 Å². The van der Waals surface area contributed by atoms with Gasteiger partial charge in [-0.1, -0.05) is 0 Å². The molecule has 0 aromatic carbocycles. The van der Waals surface area contributed by atoms with Crippen LogP contribution in [-0.4, -0.2) is 46.6 Å². The summed E-state index contributed by atoms with van der Waals surface area (Å²) in [5, 5.41) is 11.7. The third kappa shape index (κ3) is 3.44. The maximum absolute atomic E-state index is 11.9. The minimum atomic E-state index is -0.861. The Morgan fingerprint density at radius 2 is 2.21 bits per heavy atom. The molecule has 1 aromatic heterocycles. The number of amides is 2. The van der Waals surface area contributed by atoms with Crippen LogP contribution in [0.3, 0.4) is 0 Å². The molecule has 0 radical (unpaired) electrons. The molecule has 0 aliphatic carbocycles. The largest absolute Gasteiger partial charge is 0.465 e. The minimum Gasteiger partial charge on any atom is -0.465 e. The number of aryl methyl sites for hydroxylation is 1. The second kappa shape index (κ2) is 6.01. The van der Waals surface area contributed by atoms with Gasteiger partial charge in [0.05, 0.1) is 5.51 Å². The van der Waals surface area contributed by atoms with Crippen molar-refractivity contribution in [2.45, 2.75) is 19.8 Å². The van der Waals surface area contributed by atoms with E-state index in [1.165, 1.54) is 16.2 Å². The van der Waals surface area contributed by atoms with Crippen molar-refractivity contribution >= 4 is 23.3 Å². The first kappa shape index (κ1) is 13.8. The summed E-state index contributed by atoms with van der Waals surface area (Å²) >= 11 is 1.45. The van der Waals surface area contributed by atoms with E-state index in [0.717, 1.165) is 17.7 Å². The van der Waals surface area contributed by atoms with Gasteiger partial charge in [-0.3, -0.25) is 4.79 Å². The lowest BCUT2D eigenvalue weighted by atomic mass is 9.97. The molecule has 1 saturated heterocycles. The SMILES string of the molecule is Cc1scnc1C(=O)NCC1CCN(C(=O)O)CC1. The van der Waals surface area contributed by atoms with Gasteiger partial charge in [-0.15, -0.1) is 11.3 Å². The molecule has 0 saturated carbocycles. The third-order valence-electron chi connectivity index (χ3n) is 3.40. The molecule has 7 heteroatoms. The molecule has 2 amide bonds. The highest BCUT2D eigenvalue weighted by molar-refractivity contribution is 7.09. The Morgan fingerprint density at radius 1 is 1.53 bits per heavy atom. The van der Waals surface area contributed by atoms with E-state index in [-0.39, 0.29) is 5.91 Å². The van der Waals surface area contributed by atoms with Gasteiger partial charge in [-0.05, 0) is 25.7 Å². The second-order valence-corrected chi connectivity index (χ2v) is 5.74. The number of aromatic nitrogens is 1. The molecule has 1 aliphatic heterocycles. The fraction of sp³-hybridized carbons (Fsp3) is 0.583. The molecule has 6 nitrogen and oxygen atoms in total. The van der Waals surface area contributed by atoms with Gasteiger partial charge in [-0.25, -0.2) is 9.78 Å². The first-order chi connectivity index (χ1) is 9.08. The molecule has 2 N–H and O–H groups in total. The number of piperidine rings is 1. The number of nitrogens with zero attached hydrogens (tertiary/aromatic N) is 2. The van der Waals surface area contributed by atoms with Gasteiger partial charge >= 0.3 is 6.09 Å². The van der Waals surface area contributed by atoms with Gasteiger partial charge in [0, 0.05) is 24.5 Å². The van der Waals surface area contributed by atoms with E-state index in [9.17, 15) is 9.59 Å². The number of likely N-dealkylation sites (tertiary alicyclic amines) is 1. The van der Waals surface area contributed by atoms with Crippen LogP contribution in [0.25, 0.3) is 0 Å². The summed E-state index contributed by atoms with van der Waals surface area (Å²) in [4.78, 5) is 29.0. The maximum Gasteiger partial charge on any atom is 0.407 e. The predicted molar refractivity (Wildman–Crippen MR) is 71.5 cm³/mol. The highest BCUT2D eigenvalue weighted by Gasteiger charge is 2.23. The van der Waals surface area contributed by atoms with Crippen molar-refractivity contribution in [2.24, 2.45) is 5.92 Å². The Morgan fingerprint density at radius 3 is 2.74 bits per heavy atom. The van der Waals surface area contributed by atoms with Crippen LogP contribution in [0.5, 0.6) is 0 Å². The van der Waals surface area contributed by atoms with E-state index in [1.807, 2.05) is 6.92 Å². The molecule has 2 rings (SSSR count). The number of thiazole rings is 1. The average Bonchev–Trinajstić information content (AvgIpc) is 2.83. The normalized spacial score (nSPS) is 16.4. The molecule has 1 fully saturated rings. The number of carbonyl (C=O) groups is 2. The molecule has 1 aromatic rings. The lowest BCUT2D eigenvalue weighted by molar-refractivity contribution is 0.0924. The fourth-order valence-corrected chi connectivity index (χ4v) is 2.75. The molecule has 19 heavy (non-hydrogen) atoms. The molecular formula is C12H17N3O3S. The highest BCUT2D eigenvalue weighted by Crippen LogP contribution is 2.17. The molecule has 0 spiro atoms. The molecule has 2 heterocycles. The van der Waals surface area contributed by atoms with Crippen molar-refractivity contribution in [3.63, 3.8) is 0 Å². The Bertz CT molecular complexity index is 467. The van der Waals surface area contributed by atoms with Crippen LogP contribution in [0.15, 0.2) is 5.51 Å². The molecule has 0 bridgehead atoms. The van der Waals surface area contributed by atoms with E-state index < -0.39 is 6.09 Å². The number of hydrogen-bond donors (Lipinski definition) is 2. The molecule has 0 atom stereocenters. The number of rotatable bonds is 3. The monoisotopic (exact) mass is 283 g/mol. The second-order valence-electron chi connectivity index (χ2n) is 4.68. The van der Waals surface area contributed by atoms with Crippen LogP contribution in [0, 0.1) is 12.8 Å². The predicted octanol–water partition coefficient (Wildman–Crippen LogP) is 1.57. The van der Waals surface area contributed by atoms with Crippen molar-refractivity contribution in [1.29, 1.82) is 0 Å². The summed E-state index contributed by atoms with van der Waals surface area (Å²) in [7, 11) is 0. The van der Waals surface area contributed by atoms with E-state index in [0.29, 0.717) is 31.2 Å². The van der Waals surface area contributed by atoms with Crippen LogP contribution < -0.4 is 5.32 Å². The van der Waals surface area contributed by atoms with Crippen molar-refractivity contribution in [3.05, 3.63) is 16.1 Å². The molecule has 104 valence electrons. The van der Waals surface area contributed by atoms with Gasteiger partial charge in [0.1, 0.15) is 5.69 Å². The summed E-state index contributed by atoms with van der Waals surface area (Å²) in [6, 6.07) is 0. The number of carbonyl (C=O) groups excluding carboxylic acids is 1. The standard InChI is InChI=1S/C12H17N3O3S/c1-8-10(14-7-19-8)11(16)13-6-9-2-4-15(5-3-9)12(17)18/h7,9H,2-6H2,1H3,(H,13,16)(H,17,18). The zero-order valence-electron chi connectivity index (χ0n) is 10.8. The molecular weight excluding hydrogens is 266 g/mol. The van der Waals surface area contributed by atoms with Gasteiger partial charge < -0.3 is 15.3 Å². The van der Waals surface area contributed by atoms with Gasteiger partial charge in [-0.2, -0.15) is 0 Å². The summed E-state index contributed by atoms with van der Waals surface area (Å²) in [5.74, 6) is 0.206. The Kier molecular flexibility index (Phi) is 4.36. The van der Waals surface area contributed by atoms with E-state index >= 15 is 0 Å². The Hall–Kier alpha value is -1.63. The zero-order valence-corrected chi connectivity index (χ0v) is 11.6. The van der Waals surface area contributed by atoms with Crippen molar-refractivity contribution < 1.29 is 14.7 Å². The third-order valence-corrected chi connectivity index (χ3v) is 4.15. The minimum absolute atomic E-state index is 0.139. The van der Waals surface area contributed by atoms with Crippen LogP contribution in [0.4, 0.5) is 4.79 Å². The Balaban J connectivity index is 1.77. The summed E-state index contributed by atoms with van der Waals surface area (Å²) in [5.41, 5.74) is 2.16. The first-order valence-corrected chi connectivity index (χ1v) is 7.12.